The molecule has 0 aliphatic heterocycles. The van der Waals surface area contributed by atoms with E-state index in [0.717, 1.165) is 0 Å². The van der Waals surface area contributed by atoms with Crippen LogP contribution < -0.4 is 5.73 Å². The Morgan fingerprint density at radius 2 is 2.44 bits per heavy atom. The van der Waals surface area contributed by atoms with Crippen molar-refractivity contribution >= 4 is 28.7 Å². The van der Waals surface area contributed by atoms with Crippen LogP contribution in [-0.2, 0) is 6.54 Å². The summed E-state index contributed by atoms with van der Waals surface area (Å²) in [7, 11) is 0. The van der Waals surface area contributed by atoms with Crippen molar-refractivity contribution in [1.29, 1.82) is 0 Å². The zero-order valence-electron chi connectivity index (χ0n) is 8.39. The van der Waals surface area contributed by atoms with Gasteiger partial charge in [0.05, 0.1) is 16.2 Å². The highest BCUT2D eigenvalue weighted by atomic mass is 35.5. The molecule has 4 nitrogen and oxygen atoms in total. The highest BCUT2D eigenvalue weighted by Crippen LogP contribution is 2.24. The van der Waals surface area contributed by atoms with Crippen LogP contribution in [0.2, 0.25) is 5.02 Å². The Hall–Kier alpha value is -1.17. The van der Waals surface area contributed by atoms with Gasteiger partial charge in [-0.25, -0.2) is 4.98 Å². The highest BCUT2D eigenvalue weighted by molar-refractivity contribution is 7.13. The summed E-state index contributed by atoms with van der Waals surface area (Å²) in [5.74, 6) is -0.143. The van der Waals surface area contributed by atoms with Crippen LogP contribution in [-0.4, -0.2) is 21.9 Å². The van der Waals surface area contributed by atoms with Gasteiger partial charge in [0, 0.05) is 19.3 Å². The normalized spacial score (nSPS) is 10.6. The Morgan fingerprint density at radius 1 is 1.62 bits per heavy atom. The molecule has 0 saturated carbocycles. The predicted octanol–water partition coefficient (Wildman–Crippen LogP) is 1.79. The topological polar surface area (TPSA) is 60.9 Å². The van der Waals surface area contributed by atoms with Gasteiger partial charge in [-0.2, -0.15) is 0 Å². The fourth-order valence-corrected chi connectivity index (χ4v) is 2.41. The molecule has 0 amide bonds. The van der Waals surface area contributed by atoms with Crippen molar-refractivity contribution in [2.45, 2.75) is 6.54 Å². The van der Waals surface area contributed by atoms with Gasteiger partial charge in [0.1, 0.15) is 5.69 Å². The average Bonchev–Trinajstić information content (AvgIpc) is 2.87. The molecule has 2 rings (SSSR count). The lowest BCUT2D eigenvalue weighted by Crippen LogP contribution is -2.08. The summed E-state index contributed by atoms with van der Waals surface area (Å²) >= 11 is 7.21. The van der Waals surface area contributed by atoms with E-state index in [0.29, 0.717) is 28.7 Å². The monoisotopic (exact) mass is 255 g/mol. The van der Waals surface area contributed by atoms with Crippen LogP contribution in [0.3, 0.4) is 0 Å². The molecular weight excluding hydrogens is 246 g/mol. The van der Waals surface area contributed by atoms with Crippen molar-refractivity contribution in [2.24, 2.45) is 5.73 Å². The van der Waals surface area contributed by atoms with E-state index in [4.69, 9.17) is 17.3 Å². The van der Waals surface area contributed by atoms with Gasteiger partial charge in [-0.3, -0.25) is 4.79 Å². The largest absolute Gasteiger partial charge is 0.335 e. The second kappa shape index (κ2) is 4.78. The standard InChI is InChI=1S/C10H10ClN3OS/c11-7-1-4-16-10(7)9(15)8-5-14(3-2-12)6-13-8/h1,4-6H,2-3,12H2. The van der Waals surface area contributed by atoms with E-state index in [1.54, 1.807) is 28.5 Å². The number of aromatic nitrogens is 2. The van der Waals surface area contributed by atoms with Gasteiger partial charge in [-0.1, -0.05) is 11.6 Å². The SMILES string of the molecule is NCCn1cnc(C(=O)c2sccc2Cl)c1. The Kier molecular flexibility index (Phi) is 3.38. The van der Waals surface area contributed by atoms with Crippen LogP contribution in [0.1, 0.15) is 15.4 Å². The molecule has 0 radical (unpaired) electrons. The number of imidazole rings is 1. The second-order valence-electron chi connectivity index (χ2n) is 3.21. The third-order valence-electron chi connectivity index (χ3n) is 2.08. The van der Waals surface area contributed by atoms with Gasteiger partial charge >= 0.3 is 0 Å². The van der Waals surface area contributed by atoms with E-state index in [9.17, 15) is 4.79 Å². The van der Waals surface area contributed by atoms with Gasteiger partial charge in [0.2, 0.25) is 5.78 Å². The molecule has 0 atom stereocenters. The van der Waals surface area contributed by atoms with Crippen LogP contribution in [0.15, 0.2) is 24.0 Å². The Labute approximate surface area is 102 Å². The molecule has 0 saturated heterocycles. The second-order valence-corrected chi connectivity index (χ2v) is 4.54. The molecule has 2 aromatic rings. The molecule has 0 aliphatic carbocycles. The molecular formula is C10H10ClN3OS. The Bertz CT molecular complexity index is 506. The van der Waals surface area contributed by atoms with E-state index in [1.165, 1.54) is 11.3 Å². The molecule has 2 aromatic heterocycles. The van der Waals surface area contributed by atoms with E-state index < -0.39 is 0 Å². The molecule has 2 heterocycles. The van der Waals surface area contributed by atoms with Gasteiger partial charge in [-0.15, -0.1) is 11.3 Å². The molecule has 0 unspecified atom stereocenters. The number of carbonyl (C=O) groups is 1. The number of hydrogen-bond acceptors (Lipinski definition) is 4. The number of halogens is 1. The first kappa shape index (κ1) is 11.3. The van der Waals surface area contributed by atoms with E-state index in [-0.39, 0.29) is 5.78 Å². The summed E-state index contributed by atoms with van der Waals surface area (Å²) in [5, 5.41) is 2.26. The predicted molar refractivity (Wildman–Crippen MR) is 64.0 cm³/mol. The highest BCUT2D eigenvalue weighted by Gasteiger charge is 2.16. The molecule has 2 N–H and O–H groups in total. The molecule has 0 aromatic carbocycles. The quantitative estimate of drug-likeness (QED) is 0.848. The van der Waals surface area contributed by atoms with E-state index >= 15 is 0 Å². The lowest BCUT2D eigenvalue weighted by atomic mass is 10.2. The van der Waals surface area contributed by atoms with Gasteiger partial charge in [-0.05, 0) is 11.4 Å². The lowest BCUT2D eigenvalue weighted by molar-refractivity contribution is 0.103. The van der Waals surface area contributed by atoms with Crippen molar-refractivity contribution in [2.75, 3.05) is 6.54 Å². The van der Waals surface area contributed by atoms with Crippen LogP contribution in [0.4, 0.5) is 0 Å². The summed E-state index contributed by atoms with van der Waals surface area (Å²) in [4.78, 5) is 16.5. The first-order valence-corrected chi connectivity index (χ1v) is 5.97. The number of carbonyl (C=O) groups excluding carboxylic acids is 1. The number of rotatable bonds is 4. The van der Waals surface area contributed by atoms with Crippen molar-refractivity contribution in [1.82, 2.24) is 9.55 Å². The minimum Gasteiger partial charge on any atom is -0.335 e. The van der Waals surface area contributed by atoms with Crippen LogP contribution in [0.5, 0.6) is 0 Å². The first-order chi connectivity index (χ1) is 7.72. The van der Waals surface area contributed by atoms with Crippen LogP contribution in [0.25, 0.3) is 0 Å². The third kappa shape index (κ3) is 2.16. The molecule has 6 heteroatoms. The maximum Gasteiger partial charge on any atom is 0.224 e. The maximum atomic E-state index is 12.0. The molecule has 16 heavy (non-hydrogen) atoms. The number of nitrogens with two attached hydrogens (primary N) is 1. The fourth-order valence-electron chi connectivity index (χ4n) is 1.32. The van der Waals surface area contributed by atoms with Gasteiger partial charge < -0.3 is 10.3 Å². The Balaban J connectivity index is 2.24. The van der Waals surface area contributed by atoms with Gasteiger partial charge in [0.15, 0.2) is 0 Å². The summed E-state index contributed by atoms with van der Waals surface area (Å²) in [5.41, 5.74) is 5.81. The first-order valence-electron chi connectivity index (χ1n) is 4.72. The van der Waals surface area contributed by atoms with Crippen molar-refractivity contribution < 1.29 is 4.79 Å². The number of hydrogen-bond donors (Lipinski definition) is 1. The minimum absolute atomic E-state index is 0.143. The van der Waals surface area contributed by atoms with Crippen molar-refractivity contribution in [3.8, 4) is 0 Å². The minimum atomic E-state index is -0.143. The number of nitrogens with zero attached hydrogens (tertiary/aromatic N) is 2. The Morgan fingerprint density at radius 3 is 3.06 bits per heavy atom. The average molecular weight is 256 g/mol. The summed E-state index contributed by atoms with van der Waals surface area (Å²) in [6, 6.07) is 1.70. The fraction of sp³-hybridized carbons (Fsp3) is 0.200. The lowest BCUT2D eigenvalue weighted by Gasteiger charge is -1.96. The van der Waals surface area contributed by atoms with Crippen LogP contribution in [0, 0.1) is 0 Å². The van der Waals surface area contributed by atoms with Crippen LogP contribution >= 0.6 is 22.9 Å². The maximum absolute atomic E-state index is 12.0. The van der Waals surface area contributed by atoms with E-state index in [2.05, 4.69) is 4.98 Å². The smallest absolute Gasteiger partial charge is 0.224 e. The molecule has 0 bridgehead atoms. The molecule has 84 valence electrons. The molecule has 0 aliphatic rings. The van der Waals surface area contributed by atoms with E-state index in [1.807, 2.05) is 0 Å². The van der Waals surface area contributed by atoms with Crippen molar-refractivity contribution in [3.05, 3.63) is 39.6 Å². The number of thiophene rings is 1. The van der Waals surface area contributed by atoms with Crippen molar-refractivity contribution in [3.63, 3.8) is 0 Å². The van der Waals surface area contributed by atoms with Gasteiger partial charge in [0.25, 0.3) is 0 Å². The summed E-state index contributed by atoms with van der Waals surface area (Å²) in [6.45, 7) is 1.17. The zero-order chi connectivity index (χ0) is 11.5. The molecule has 0 fully saturated rings. The summed E-state index contributed by atoms with van der Waals surface area (Å²) in [6.07, 6.45) is 3.28. The molecule has 0 spiro atoms. The zero-order valence-corrected chi connectivity index (χ0v) is 9.96. The third-order valence-corrected chi connectivity index (χ3v) is 3.42. The number of ketones is 1. The summed E-state index contributed by atoms with van der Waals surface area (Å²) < 4.78 is 1.79.